The third-order valence-corrected chi connectivity index (χ3v) is 4.25. The van der Waals surface area contributed by atoms with Gasteiger partial charge in [0.15, 0.2) is 5.70 Å². The van der Waals surface area contributed by atoms with Crippen molar-refractivity contribution < 1.29 is 17.5 Å². The van der Waals surface area contributed by atoms with Crippen molar-refractivity contribution >= 4 is 30.4 Å². The number of halogens is 4. The average molecular weight is 321 g/mol. The van der Waals surface area contributed by atoms with Gasteiger partial charge in [0.25, 0.3) is 0 Å². The normalized spacial score (nSPS) is 18.3. The molecule has 0 saturated heterocycles. The van der Waals surface area contributed by atoms with Gasteiger partial charge in [-0.3, -0.25) is 0 Å². The molecule has 4 rings (SSSR count). The zero-order valence-electron chi connectivity index (χ0n) is 11.2. The van der Waals surface area contributed by atoms with E-state index in [4.69, 9.17) is 11.6 Å². The Morgan fingerprint density at radius 3 is 2.77 bits per heavy atom. The van der Waals surface area contributed by atoms with Crippen LogP contribution in [0, 0.1) is 5.82 Å². The van der Waals surface area contributed by atoms with E-state index < -0.39 is 12.8 Å². The molecule has 110 valence electrons. The summed E-state index contributed by atoms with van der Waals surface area (Å²) >= 11 is 5.84. The fourth-order valence-corrected chi connectivity index (χ4v) is 3.17. The average Bonchev–Trinajstić information content (AvgIpc) is 3.13. The summed E-state index contributed by atoms with van der Waals surface area (Å²) in [5, 5.41) is -0.0379. The molecule has 0 radical (unpaired) electrons. The predicted molar refractivity (Wildman–Crippen MR) is 80.7 cm³/mol. The molecule has 0 amide bonds. The number of rotatable bonds is 1. The number of aromatic nitrogens is 1. The minimum Gasteiger partial charge on any atom is -0.396 e. The van der Waals surface area contributed by atoms with Crippen LogP contribution in [0.4, 0.5) is 13.0 Å². The molecule has 1 aromatic carbocycles. The predicted octanol–water partition coefficient (Wildman–Crippen LogP) is 3.93. The number of hydrogen-bond donors (Lipinski definition) is 0. The Kier molecular flexibility index (Phi) is 2.69. The first-order chi connectivity index (χ1) is 10.5. The summed E-state index contributed by atoms with van der Waals surface area (Å²) in [4.78, 5) is 0. The lowest BCUT2D eigenvalue weighted by Gasteiger charge is -2.31. The van der Waals surface area contributed by atoms with Crippen LogP contribution in [0.15, 0.2) is 54.4 Å². The van der Waals surface area contributed by atoms with Crippen LogP contribution in [0.5, 0.6) is 0 Å². The lowest BCUT2D eigenvalue weighted by atomic mass is 9.86. The van der Waals surface area contributed by atoms with E-state index in [0.717, 1.165) is 8.96 Å². The topological polar surface area (TPSA) is 7.94 Å². The van der Waals surface area contributed by atoms with Crippen LogP contribution >= 0.6 is 11.6 Å². The van der Waals surface area contributed by atoms with Crippen LogP contribution in [0.1, 0.15) is 11.3 Å². The molecule has 0 unspecified atom stereocenters. The standard InChI is InChI=1S/C15H9BClF3N2/c17-11-5-1-4-10(15(11)18)14-12-6-2-8-21(12)16(19,20)22-9-3-7-13(14)22/h1-9H. The first kappa shape index (κ1) is 13.5. The molecule has 2 aromatic rings. The lowest BCUT2D eigenvalue weighted by Crippen LogP contribution is -2.49. The molecular formula is C15H9BClF3N2. The van der Waals surface area contributed by atoms with Crippen molar-refractivity contribution in [2.75, 3.05) is 0 Å². The van der Waals surface area contributed by atoms with Gasteiger partial charge in [0.05, 0.1) is 10.6 Å². The summed E-state index contributed by atoms with van der Waals surface area (Å²) in [5.74, 6) is -0.614. The van der Waals surface area contributed by atoms with Crippen LogP contribution < -0.4 is 0 Å². The van der Waals surface area contributed by atoms with Gasteiger partial charge >= 0.3 is 6.97 Å². The minimum atomic E-state index is -3.98. The Morgan fingerprint density at radius 1 is 1.14 bits per heavy atom. The Balaban J connectivity index is 2.09. The van der Waals surface area contributed by atoms with Crippen LogP contribution in [0.3, 0.4) is 0 Å². The maximum absolute atomic E-state index is 14.6. The monoisotopic (exact) mass is 320 g/mol. The molecule has 0 bridgehead atoms. The first-order valence-electron chi connectivity index (χ1n) is 6.70. The van der Waals surface area contributed by atoms with Gasteiger partial charge in [-0.15, -0.1) is 0 Å². The summed E-state index contributed by atoms with van der Waals surface area (Å²) in [6.45, 7) is -3.98. The van der Waals surface area contributed by atoms with E-state index in [9.17, 15) is 13.0 Å². The molecular weight excluding hydrogens is 311 g/mol. The first-order valence-corrected chi connectivity index (χ1v) is 7.08. The summed E-state index contributed by atoms with van der Waals surface area (Å²) in [6, 6.07) is 7.66. The summed E-state index contributed by atoms with van der Waals surface area (Å²) in [7, 11) is 0. The quantitative estimate of drug-likeness (QED) is 0.704. The van der Waals surface area contributed by atoms with Gasteiger partial charge in [0.2, 0.25) is 0 Å². The Bertz CT molecular complexity index is 896. The molecule has 0 spiro atoms. The van der Waals surface area contributed by atoms with Crippen molar-refractivity contribution in [2.24, 2.45) is 0 Å². The number of benzene rings is 1. The summed E-state index contributed by atoms with van der Waals surface area (Å²) < 4.78 is 45.4. The number of fused-ring (bicyclic) bond motifs is 2. The zero-order chi connectivity index (χ0) is 15.5. The molecule has 0 saturated carbocycles. The van der Waals surface area contributed by atoms with Crippen molar-refractivity contribution in [2.45, 2.75) is 0 Å². The number of allylic oxidation sites excluding steroid dienone is 2. The molecule has 0 fully saturated rings. The minimum absolute atomic E-state index is 0.0379. The molecule has 3 heterocycles. The van der Waals surface area contributed by atoms with Gasteiger partial charge < -0.3 is 17.6 Å². The van der Waals surface area contributed by atoms with Crippen LogP contribution in [-0.4, -0.2) is 22.1 Å². The van der Waals surface area contributed by atoms with Crippen LogP contribution in [0.25, 0.3) is 5.57 Å². The highest BCUT2D eigenvalue weighted by atomic mass is 35.5. The maximum Gasteiger partial charge on any atom is 0.737 e. The second kappa shape index (κ2) is 4.40. The fourth-order valence-electron chi connectivity index (χ4n) is 2.99. The summed E-state index contributed by atoms with van der Waals surface area (Å²) in [5.41, 5.74) is 1.16. The third kappa shape index (κ3) is 1.61. The molecule has 1 aromatic heterocycles. The molecule has 0 N–H and O–H groups in total. The molecule has 0 atom stereocenters. The third-order valence-electron chi connectivity index (χ3n) is 3.96. The van der Waals surface area contributed by atoms with Crippen molar-refractivity contribution in [3.8, 4) is 0 Å². The van der Waals surface area contributed by atoms with Crippen molar-refractivity contribution in [3.05, 3.63) is 76.5 Å². The largest absolute Gasteiger partial charge is 0.737 e. The Labute approximate surface area is 129 Å². The van der Waals surface area contributed by atoms with Gasteiger partial charge in [0, 0.05) is 23.4 Å². The summed E-state index contributed by atoms with van der Waals surface area (Å²) in [6.07, 6.45) is 5.70. The van der Waals surface area contributed by atoms with E-state index >= 15 is 0 Å². The van der Waals surface area contributed by atoms with Crippen molar-refractivity contribution in [1.82, 2.24) is 4.48 Å². The molecule has 22 heavy (non-hydrogen) atoms. The highest BCUT2D eigenvalue weighted by Gasteiger charge is 2.51. The maximum atomic E-state index is 14.6. The van der Waals surface area contributed by atoms with Crippen LogP contribution in [-0.2, 0) is 0 Å². The van der Waals surface area contributed by atoms with Crippen LogP contribution in [0.2, 0.25) is 5.02 Å². The fraction of sp³-hybridized carbons (Fsp3) is 0. The zero-order valence-corrected chi connectivity index (χ0v) is 11.9. The van der Waals surface area contributed by atoms with Gasteiger partial charge in [-0.2, -0.15) is 0 Å². The lowest BCUT2D eigenvalue weighted by molar-refractivity contribution is -0.356. The van der Waals surface area contributed by atoms with E-state index in [2.05, 4.69) is 0 Å². The van der Waals surface area contributed by atoms with Gasteiger partial charge in [0.1, 0.15) is 12.0 Å². The second-order valence-corrected chi connectivity index (χ2v) is 5.57. The number of hydrogen-bond acceptors (Lipinski definition) is 0. The molecule has 7 heteroatoms. The van der Waals surface area contributed by atoms with Gasteiger partial charge in [-0.1, -0.05) is 23.7 Å². The Hall–Kier alpha value is -2.21. The molecule has 2 aliphatic rings. The molecule has 2 nitrogen and oxygen atoms in total. The van der Waals surface area contributed by atoms with E-state index in [1.807, 2.05) is 0 Å². The number of nitrogens with zero attached hydrogens (tertiary/aromatic N) is 2. The SMILES string of the molecule is Fc1c(Cl)cccc1C1=C2C=CC=[N+]2[B-](F)(F)n2cccc21. The Morgan fingerprint density at radius 2 is 1.95 bits per heavy atom. The highest BCUT2D eigenvalue weighted by molar-refractivity contribution is 6.57. The second-order valence-electron chi connectivity index (χ2n) is 5.17. The smallest absolute Gasteiger partial charge is 0.396 e. The van der Waals surface area contributed by atoms with Crippen molar-refractivity contribution in [3.63, 3.8) is 0 Å². The van der Waals surface area contributed by atoms with Gasteiger partial charge in [-0.05, 0) is 24.4 Å². The van der Waals surface area contributed by atoms with Gasteiger partial charge in [-0.25, -0.2) is 4.39 Å². The molecule has 0 aliphatic carbocycles. The van der Waals surface area contributed by atoms with E-state index in [1.54, 1.807) is 24.3 Å². The van der Waals surface area contributed by atoms with E-state index in [-0.39, 0.29) is 22.0 Å². The molecule has 2 aliphatic heterocycles. The van der Waals surface area contributed by atoms with E-state index in [0.29, 0.717) is 5.57 Å². The van der Waals surface area contributed by atoms with E-state index in [1.165, 1.54) is 30.6 Å². The van der Waals surface area contributed by atoms with Crippen molar-refractivity contribution in [1.29, 1.82) is 0 Å². The highest BCUT2D eigenvalue weighted by Crippen LogP contribution is 2.39.